The van der Waals surface area contributed by atoms with Crippen LogP contribution in [0.15, 0.2) is 65.8 Å². The van der Waals surface area contributed by atoms with Crippen molar-refractivity contribution < 1.29 is 4.79 Å². The van der Waals surface area contributed by atoms with Crippen molar-refractivity contribution in [1.82, 2.24) is 10.3 Å². The van der Waals surface area contributed by atoms with Gasteiger partial charge in [-0.25, -0.2) is 5.43 Å². The second-order valence-electron chi connectivity index (χ2n) is 6.16. The molecule has 0 spiro atoms. The highest BCUT2D eigenvalue weighted by Crippen LogP contribution is 2.15. The largest absolute Gasteiger partial charge is 0.370 e. The third kappa shape index (κ3) is 5.43. The molecule has 130 valence electrons. The fraction of sp³-hybridized carbons (Fsp3) is 0.300. The first-order valence-corrected chi connectivity index (χ1v) is 8.70. The summed E-state index contributed by atoms with van der Waals surface area (Å²) in [7, 11) is 0. The minimum atomic E-state index is -0.0691. The Hall–Kier alpha value is -2.66. The molecule has 1 fully saturated rings. The molecule has 1 heterocycles. The Kier molecular flexibility index (Phi) is 6.17. The molecule has 5 nitrogen and oxygen atoms in total. The Morgan fingerprint density at radius 2 is 1.68 bits per heavy atom. The van der Waals surface area contributed by atoms with Crippen molar-refractivity contribution in [2.24, 2.45) is 5.10 Å². The van der Waals surface area contributed by atoms with Gasteiger partial charge in [-0.2, -0.15) is 5.10 Å². The van der Waals surface area contributed by atoms with E-state index in [0.717, 1.165) is 38.2 Å². The normalized spacial score (nSPS) is 15.9. The third-order valence-corrected chi connectivity index (χ3v) is 4.28. The van der Waals surface area contributed by atoms with Crippen molar-refractivity contribution in [3.8, 4) is 0 Å². The van der Waals surface area contributed by atoms with Crippen LogP contribution in [0.25, 0.3) is 0 Å². The summed E-state index contributed by atoms with van der Waals surface area (Å²) >= 11 is 0. The highest BCUT2D eigenvalue weighted by Gasteiger charge is 2.17. The lowest BCUT2D eigenvalue weighted by Crippen LogP contribution is -2.37. The molecule has 2 aromatic rings. The van der Waals surface area contributed by atoms with E-state index >= 15 is 0 Å². The number of amides is 1. The lowest BCUT2D eigenvalue weighted by atomic mass is 10.2. The molecular weight excluding hydrogens is 312 g/mol. The van der Waals surface area contributed by atoms with Crippen LogP contribution in [0.2, 0.25) is 0 Å². The molecule has 0 aliphatic carbocycles. The second-order valence-corrected chi connectivity index (χ2v) is 6.16. The number of para-hydroxylation sites is 1. The Labute approximate surface area is 148 Å². The predicted molar refractivity (Wildman–Crippen MR) is 102 cm³/mol. The van der Waals surface area contributed by atoms with Gasteiger partial charge >= 0.3 is 0 Å². The van der Waals surface area contributed by atoms with E-state index < -0.39 is 0 Å². The van der Waals surface area contributed by atoms with Crippen molar-refractivity contribution in [3.05, 3.63) is 66.2 Å². The van der Waals surface area contributed by atoms with Crippen LogP contribution in [0.1, 0.15) is 12.0 Å². The van der Waals surface area contributed by atoms with Gasteiger partial charge in [0.15, 0.2) is 0 Å². The maximum Gasteiger partial charge on any atom is 0.254 e. The minimum absolute atomic E-state index is 0.0691. The first-order valence-electron chi connectivity index (χ1n) is 8.70. The Morgan fingerprint density at radius 1 is 0.960 bits per heavy atom. The first kappa shape index (κ1) is 17.2. The van der Waals surface area contributed by atoms with Crippen molar-refractivity contribution in [1.29, 1.82) is 0 Å². The van der Waals surface area contributed by atoms with Crippen LogP contribution in [0.3, 0.4) is 0 Å². The summed E-state index contributed by atoms with van der Waals surface area (Å²) in [4.78, 5) is 16.7. The molecule has 1 saturated heterocycles. The molecule has 0 radical (unpaired) electrons. The zero-order valence-electron chi connectivity index (χ0n) is 14.3. The fourth-order valence-corrected chi connectivity index (χ4v) is 2.98. The number of anilines is 1. The summed E-state index contributed by atoms with van der Waals surface area (Å²) in [5.41, 5.74) is 4.84. The van der Waals surface area contributed by atoms with E-state index in [2.05, 4.69) is 44.6 Å². The standard InChI is InChI=1S/C20H24N4O/c25-20(22-21-16-18-8-3-1-4-9-18)17-23-12-7-13-24(15-14-23)19-10-5-2-6-11-19/h1-6,8-11,16H,7,12-15,17H2,(H,22,25)/b21-16+. The molecule has 1 amide bonds. The quantitative estimate of drug-likeness (QED) is 0.673. The smallest absolute Gasteiger partial charge is 0.254 e. The van der Waals surface area contributed by atoms with E-state index in [0.29, 0.717) is 6.54 Å². The van der Waals surface area contributed by atoms with Crippen LogP contribution in [-0.4, -0.2) is 49.7 Å². The van der Waals surface area contributed by atoms with Gasteiger partial charge in [0.25, 0.3) is 5.91 Å². The number of carbonyl (C=O) groups is 1. The van der Waals surface area contributed by atoms with Crippen molar-refractivity contribution in [3.63, 3.8) is 0 Å². The topological polar surface area (TPSA) is 47.9 Å². The molecule has 0 aromatic heterocycles. The molecule has 1 N–H and O–H groups in total. The van der Waals surface area contributed by atoms with Crippen molar-refractivity contribution in [2.45, 2.75) is 6.42 Å². The van der Waals surface area contributed by atoms with Crippen LogP contribution in [0.5, 0.6) is 0 Å². The number of hydrogen-bond acceptors (Lipinski definition) is 4. The van der Waals surface area contributed by atoms with E-state index in [9.17, 15) is 4.79 Å². The van der Waals surface area contributed by atoms with E-state index in [4.69, 9.17) is 0 Å². The average Bonchev–Trinajstić information content (AvgIpc) is 2.89. The summed E-state index contributed by atoms with van der Waals surface area (Å²) in [5, 5.41) is 4.03. The molecule has 0 atom stereocenters. The van der Waals surface area contributed by atoms with Crippen LogP contribution in [0.4, 0.5) is 5.69 Å². The number of carbonyl (C=O) groups excluding carboxylic acids is 1. The molecule has 1 aliphatic rings. The van der Waals surface area contributed by atoms with Gasteiger partial charge in [-0.3, -0.25) is 9.69 Å². The number of hydrazone groups is 1. The summed E-state index contributed by atoms with van der Waals surface area (Å²) < 4.78 is 0. The molecule has 0 bridgehead atoms. The van der Waals surface area contributed by atoms with Gasteiger partial charge in [0.1, 0.15) is 0 Å². The number of benzene rings is 2. The number of hydrogen-bond donors (Lipinski definition) is 1. The maximum atomic E-state index is 12.1. The van der Waals surface area contributed by atoms with Crippen molar-refractivity contribution >= 4 is 17.8 Å². The predicted octanol–water partition coefficient (Wildman–Crippen LogP) is 2.35. The lowest BCUT2D eigenvalue weighted by molar-refractivity contribution is -0.122. The Morgan fingerprint density at radius 3 is 2.44 bits per heavy atom. The monoisotopic (exact) mass is 336 g/mol. The van der Waals surface area contributed by atoms with Gasteiger partial charge in [0.2, 0.25) is 0 Å². The lowest BCUT2D eigenvalue weighted by Gasteiger charge is -2.23. The Bertz CT molecular complexity index is 687. The summed E-state index contributed by atoms with van der Waals surface area (Å²) in [6, 6.07) is 20.2. The molecule has 25 heavy (non-hydrogen) atoms. The zero-order chi connectivity index (χ0) is 17.3. The molecule has 5 heteroatoms. The van der Waals surface area contributed by atoms with E-state index in [-0.39, 0.29) is 5.91 Å². The van der Waals surface area contributed by atoms with Crippen LogP contribution >= 0.6 is 0 Å². The Balaban J connectivity index is 1.45. The van der Waals surface area contributed by atoms with Gasteiger partial charge < -0.3 is 4.90 Å². The number of nitrogens with one attached hydrogen (secondary N) is 1. The summed E-state index contributed by atoms with van der Waals surface area (Å²) in [6.07, 6.45) is 2.72. The van der Waals surface area contributed by atoms with Gasteiger partial charge in [-0.05, 0) is 24.1 Å². The minimum Gasteiger partial charge on any atom is -0.370 e. The summed E-state index contributed by atoms with van der Waals surface area (Å²) in [5.74, 6) is -0.0691. The van der Waals surface area contributed by atoms with Crippen LogP contribution in [-0.2, 0) is 4.79 Å². The molecular formula is C20H24N4O. The number of nitrogens with zero attached hydrogens (tertiary/aromatic N) is 3. The van der Waals surface area contributed by atoms with Crippen LogP contribution in [0, 0.1) is 0 Å². The van der Waals surface area contributed by atoms with Crippen LogP contribution < -0.4 is 10.3 Å². The second kappa shape index (κ2) is 8.99. The van der Waals surface area contributed by atoms with Gasteiger partial charge in [-0.15, -0.1) is 0 Å². The maximum absolute atomic E-state index is 12.1. The van der Waals surface area contributed by atoms with Gasteiger partial charge in [0, 0.05) is 31.9 Å². The average molecular weight is 336 g/mol. The van der Waals surface area contributed by atoms with E-state index in [1.54, 1.807) is 6.21 Å². The zero-order valence-corrected chi connectivity index (χ0v) is 14.3. The number of rotatable bonds is 5. The van der Waals surface area contributed by atoms with E-state index in [1.807, 2.05) is 36.4 Å². The molecule has 3 rings (SSSR count). The molecule has 1 aliphatic heterocycles. The molecule has 0 unspecified atom stereocenters. The van der Waals surface area contributed by atoms with E-state index in [1.165, 1.54) is 5.69 Å². The highest BCUT2D eigenvalue weighted by molar-refractivity contribution is 5.83. The van der Waals surface area contributed by atoms with Gasteiger partial charge in [0.05, 0.1) is 12.8 Å². The SMILES string of the molecule is O=C(CN1CCCN(c2ccccc2)CC1)N/N=C/c1ccccc1. The first-order chi connectivity index (χ1) is 12.3. The molecule has 2 aromatic carbocycles. The fourth-order valence-electron chi connectivity index (χ4n) is 2.98. The van der Waals surface area contributed by atoms with Gasteiger partial charge in [-0.1, -0.05) is 48.5 Å². The summed E-state index contributed by atoms with van der Waals surface area (Å²) in [6.45, 7) is 4.15. The van der Waals surface area contributed by atoms with Crippen molar-refractivity contribution in [2.75, 3.05) is 37.6 Å². The third-order valence-electron chi connectivity index (χ3n) is 4.28. The molecule has 0 saturated carbocycles. The highest BCUT2D eigenvalue weighted by atomic mass is 16.2.